The van der Waals surface area contributed by atoms with E-state index in [1.807, 2.05) is 0 Å². The lowest BCUT2D eigenvalue weighted by molar-refractivity contribution is -0.150. The Bertz CT molecular complexity index is 171. The number of aliphatic hydroxyl groups is 1. The largest absolute Gasteiger partial charge is 0.394 e. The van der Waals surface area contributed by atoms with Crippen LogP contribution in [0.4, 0.5) is 0 Å². The van der Waals surface area contributed by atoms with E-state index in [0.717, 1.165) is 0 Å². The minimum atomic E-state index is -0.933. The summed E-state index contributed by atoms with van der Waals surface area (Å²) in [7, 11) is 4.13. The van der Waals surface area contributed by atoms with Crippen LogP contribution in [-0.4, -0.2) is 57.3 Å². The molecule has 0 rings (SSSR count). The number of primary amides is 1. The van der Waals surface area contributed by atoms with Crippen LogP contribution in [-0.2, 0) is 19.0 Å². The van der Waals surface area contributed by atoms with Crippen LogP contribution < -0.4 is 5.73 Å². The highest BCUT2D eigenvalue weighted by atomic mass is 16.6. The summed E-state index contributed by atoms with van der Waals surface area (Å²) in [4.78, 5) is 10.9. The molecular formula is C8H17NO5. The molecule has 0 saturated carbocycles. The number of hydrogen-bond acceptors (Lipinski definition) is 5. The molecule has 0 aliphatic rings. The lowest BCUT2D eigenvalue weighted by Gasteiger charge is -2.27. The topological polar surface area (TPSA) is 91.0 Å². The van der Waals surface area contributed by atoms with E-state index in [2.05, 4.69) is 0 Å². The predicted octanol–water partition coefficient (Wildman–Crippen LogP) is -1.49. The number of nitrogens with two attached hydrogens (primary N) is 1. The first-order valence-electron chi connectivity index (χ1n) is 4.10. The van der Waals surface area contributed by atoms with Crippen molar-refractivity contribution < 1.29 is 24.1 Å². The highest BCUT2D eigenvalue weighted by Gasteiger charge is 2.33. The summed E-state index contributed by atoms with van der Waals surface area (Å²) >= 11 is 0. The minimum absolute atomic E-state index is 0.276. The van der Waals surface area contributed by atoms with Gasteiger partial charge < -0.3 is 25.1 Å². The van der Waals surface area contributed by atoms with Crippen molar-refractivity contribution in [1.29, 1.82) is 0 Å². The number of carbonyl (C=O) groups excluding carboxylic acids is 1. The Labute approximate surface area is 82.9 Å². The Balaban J connectivity index is 4.56. The molecule has 0 radical (unpaired) electrons. The summed E-state index contributed by atoms with van der Waals surface area (Å²) in [5, 5.41) is 8.94. The molecule has 0 spiro atoms. The molecule has 0 fully saturated rings. The zero-order chi connectivity index (χ0) is 11.1. The zero-order valence-electron chi connectivity index (χ0n) is 8.60. The minimum Gasteiger partial charge on any atom is -0.394 e. The van der Waals surface area contributed by atoms with Gasteiger partial charge in [-0.25, -0.2) is 0 Å². The van der Waals surface area contributed by atoms with Crippen molar-refractivity contribution >= 4 is 5.91 Å². The van der Waals surface area contributed by atoms with Gasteiger partial charge in [0.2, 0.25) is 5.91 Å². The Morgan fingerprint density at radius 1 is 1.29 bits per heavy atom. The van der Waals surface area contributed by atoms with Gasteiger partial charge in [0.15, 0.2) is 6.10 Å². The molecule has 0 heterocycles. The summed E-state index contributed by atoms with van der Waals surface area (Å²) in [5.41, 5.74) is 5.09. The van der Waals surface area contributed by atoms with Crippen molar-refractivity contribution in [3.8, 4) is 0 Å². The van der Waals surface area contributed by atoms with Gasteiger partial charge in [0, 0.05) is 21.3 Å². The van der Waals surface area contributed by atoms with Crippen LogP contribution in [0.25, 0.3) is 0 Å². The fourth-order valence-electron chi connectivity index (χ4n) is 1.20. The van der Waals surface area contributed by atoms with Gasteiger partial charge in [-0.1, -0.05) is 0 Å². The lowest BCUT2D eigenvalue weighted by atomic mass is 10.1. The quantitative estimate of drug-likeness (QED) is 0.530. The van der Waals surface area contributed by atoms with Gasteiger partial charge in [0.05, 0.1) is 6.61 Å². The molecule has 0 unspecified atom stereocenters. The van der Waals surface area contributed by atoms with E-state index in [1.54, 1.807) is 0 Å². The standard InChI is InChI=1S/C8H17NO5/c1-12-5(4-10)6(13-2)7(14-3)8(9)11/h5-7,10H,4H2,1-3H3,(H2,9,11)/t5-,6-,7+/m0/s1. The van der Waals surface area contributed by atoms with Crippen molar-refractivity contribution in [2.45, 2.75) is 18.3 Å². The van der Waals surface area contributed by atoms with E-state index in [4.69, 9.17) is 25.1 Å². The van der Waals surface area contributed by atoms with E-state index in [9.17, 15) is 4.79 Å². The third-order valence-corrected chi connectivity index (χ3v) is 1.95. The molecule has 0 saturated heterocycles. The third-order valence-electron chi connectivity index (χ3n) is 1.95. The van der Waals surface area contributed by atoms with E-state index < -0.39 is 24.2 Å². The van der Waals surface area contributed by atoms with Gasteiger partial charge in [-0.15, -0.1) is 0 Å². The molecule has 0 aromatic rings. The fraction of sp³-hybridized carbons (Fsp3) is 0.875. The van der Waals surface area contributed by atoms with E-state index in [1.165, 1.54) is 21.3 Å². The first kappa shape index (κ1) is 13.3. The fourth-order valence-corrected chi connectivity index (χ4v) is 1.20. The Morgan fingerprint density at radius 2 is 1.86 bits per heavy atom. The third kappa shape index (κ3) is 3.22. The zero-order valence-corrected chi connectivity index (χ0v) is 8.60. The molecule has 0 aromatic carbocycles. The lowest BCUT2D eigenvalue weighted by Crippen LogP contribution is -2.49. The summed E-state index contributed by atoms with van der Waals surface area (Å²) in [6, 6.07) is 0. The molecule has 3 N–H and O–H groups in total. The number of methoxy groups -OCH3 is 3. The first-order chi connectivity index (χ1) is 6.62. The second-order valence-electron chi connectivity index (χ2n) is 2.72. The maximum Gasteiger partial charge on any atom is 0.249 e. The number of hydrogen-bond donors (Lipinski definition) is 2. The molecule has 14 heavy (non-hydrogen) atoms. The SMILES string of the molecule is CO[C@@H]([C@H](CO)OC)[C@@H](OC)C(N)=O. The molecular weight excluding hydrogens is 190 g/mol. The molecule has 84 valence electrons. The molecule has 0 aliphatic carbocycles. The monoisotopic (exact) mass is 207 g/mol. The van der Waals surface area contributed by atoms with Gasteiger partial charge in [0.1, 0.15) is 12.2 Å². The number of carbonyl (C=O) groups is 1. The number of aliphatic hydroxyl groups excluding tert-OH is 1. The second kappa shape index (κ2) is 6.72. The Morgan fingerprint density at radius 3 is 2.07 bits per heavy atom. The van der Waals surface area contributed by atoms with Crippen LogP contribution in [0.15, 0.2) is 0 Å². The van der Waals surface area contributed by atoms with E-state index in [-0.39, 0.29) is 6.61 Å². The Hall–Kier alpha value is -0.690. The highest BCUT2D eigenvalue weighted by molar-refractivity contribution is 5.79. The normalized spacial score (nSPS) is 17.4. The first-order valence-corrected chi connectivity index (χ1v) is 4.10. The molecule has 6 heteroatoms. The van der Waals surface area contributed by atoms with Gasteiger partial charge >= 0.3 is 0 Å². The average Bonchev–Trinajstić information content (AvgIpc) is 2.17. The molecule has 1 amide bonds. The molecule has 6 nitrogen and oxygen atoms in total. The number of amides is 1. The van der Waals surface area contributed by atoms with Gasteiger partial charge in [-0.3, -0.25) is 4.79 Å². The summed E-state index contributed by atoms with van der Waals surface area (Å²) in [5.74, 6) is -0.658. The maximum absolute atomic E-state index is 10.9. The second-order valence-corrected chi connectivity index (χ2v) is 2.72. The van der Waals surface area contributed by atoms with Crippen molar-refractivity contribution in [1.82, 2.24) is 0 Å². The van der Waals surface area contributed by atoms with Crippen molar-refractivity contribution in [3.05, 3.63) is 0 Å². The Kier molecular flexibility index (Phi) is 6.39. The highest BCUT2D eigenvalue weighted by Crippen LogP contribution is 2.09. The molecule has 0 bridgehead atoms. The van der Waals surface area contributed by atoms with E-state index >= 15 is 0 Å². The molecule has 0 aliphatic heterocycles. The predicted molar refractivity (Wildman–Crippen MR) is 48.7 cm³/mol. The van der Waals surface area contributed by atoms with Gasteiger partial charge in [-0.05, 0) is 0 Å². The van der Waals surface area contributed by atoms with Crippen molar-refractivity contribution in [2.24, 2.45) is 5.73 Å². The van der Waals surface area contributed by atoms with Gasteiger partial charge in [-0.2, -0.15) is 0 Å². The van der Waals surface area contributed by atoms with Crippen LogP contribution in [0, 0.1) is 0 Å². The molecule has 3 atom stereocenters. The van der Waals surface area contributed by atoms with Crippen LogP contribution in [0.1, 0.15) is 0 Å². The van der Waals surface area contributed by atoms with Crippen LogP contribution in [0.2, 0.25) is 0 Å². The smallest absolute Gasteiger partial charge is 0.249 e. The van der Waals surface area contributed by atoms with Crippen LogP contribution >= 0.6 is 0 Å². The van der Waals surface area contributed by atoms with Crippen LogP contribution in [0.3, 0.4) is 0 Å². The number of ether oxygens (including phenoxy) is 3. The maximum atomic E-state index is 10.9. The van der Waals surface area contributed by atoms with Gasteiger partial charge in [0.25, 0.3) is 0 Å². The summed E-state index contributed by atoms with van der Waals surface area (Å²) in [6.45, 7) is -0.276. The van der Waals surface area contributed by atoms with Crippen molar-refractivity contribution in [3.63, 3.8) is 0 Å². The average molecular weight is 207 g/mol. The summed E-state index contributed by atoms with van der Waals surface area (Å²) < 4.78 is 14.8. The summed E-state index contributed by atoms with van der Waals surface area (Å²) in [6.07, 6.45) is -2.29. The number of rotatable bonds is 7. The van der Waals surface area contributed by atoms with E-state index in [0.29, 0.717) is 0 Å². The van der Waals surface area contributed by atoms with Crippen molar-refractivity contribution in [2.75, 3.05) is 27.9 Å². The molecule has 0 aromatic heterocycles. The van der Waals surface area contributed by atoms with Crippen LogP contribution in [0.5, 0.6) is 0 Å².